The third-order valence-electron chi connectivity index (χ3n) is 4.66. The van der Waals surface area contributed by atoms with E-state index < -0.39 is 10.0 Å². The van der Waals surface area contributed by atoms with Crippen LogP contribution in [0.2, 0.25) is 0 Å². The molecule has 1 aliphatic heterocycles. The number of aryl methyl sites for hydroxylation is 3. The SMILES string of the molecule is Cc1ccccc1OCCN1CCN(S(=O)(=O)c2c(C)noc2C)CC1. The van der Waals surface area contributed by atoms with Gasteiger partial charge in [0.2, 0.25) is 10.0 Å². The van der Waals surface area contributed by atoms with E-state index in [2.05, 4.69) is 10.1 Å². The molecule has 1 aliphatic rings. The second-order valence-corrected chi connectivity index (χ2v) is 8.39. The van der Waals surface area contributed by atoms with Gasteiger partial charge in [-0.2, -0.15) is 4.31 Å². The minimum Gasteiger partial charge on any atom is -0.492 e. The van der Waals surface area contributed by atoms with Crippen LogP contribution in [0, 0.1) is 20.8 Å². The first-order valence-electron chi connectivity index (χ1n) is 8.73. The van der Waals surface area contributed by atoms with Crippen LogP contribution in [0.3, 0.4) is 0 Å². The summed E-state index contributed by atoms with van der Waals surface area (Å²) in [6.45, 7) is 8.93. The number of piperazine rings is 1. The Bertz CT molecular complexity index is 836. The summed E-state index contributed by atoms with van der Waals surface area (Å²) in [4.78, 5) is 2.42. The molecule has 0 radical (unpaired) electrons. The number of rotatable bonds is 6. The van der Waals surface area contributed by atoms with Gasteiger partial charge in [-0.1, -0.05) is 23.4 Å². The molecule has 1 aromatic heterocycles. The number of hydrogen-bond acceptors (Lipinski definition) is 6. The Labute approximate surface area is 154 Å². The number of sulfonamides is 1. The molecular weight excluding hydrogens is 354 g/mol. The topological polar surface area (TPSA) is 75.9 Å². The van der Waals surface area contributed by atoms with E-state index in [4.69, 9.17) is 9.26 Å². The van der Waals surface area contributed by atoms with Crippen molar-refractivity contribution in [2.24, 2.45) is 0 Å². The molecule has 0 aliphatic carbocycles. The molecule has 0 amide bonds. The van der Waals surface area contributed by atoms with E-state index in [0.717, 1.165) is 17.9 Å². The monoisotopic (exact) mass is 379 g/mol. The Morgan fingerprint density at radius 1 is 1.12 bits per heavy atom. The lowest BCUT2D eigenvalue weighted by atomic mass is 10.2. The highest BCUT2D eigenvalue weighted by Gasteiger charge is 2.33. The normalized spacial score (nSPS) is 16.7. The van der Waals surface area contributed by atoms with Gasteiger partial charge in [-0.15, -0.1) is 0 Å². The molecule has 1 aromatic carbocycles. The molecular formula is C18H25N3O4S. The number of nitrogens with zero attached hydrogens (tertiary/aromatic N) is 3. The third kappa shape index (κ3) is 3.92. The standard InChI is InChI=1S/C18H25N3O4S/c1-14-6-4-5-7-17(14)24-13-12-20-8-10-21(11-9-20)26(22,23)18-15(2)19-25-16(18)3/h4-7H,8-13H2,1-3H3. The van der Waals surface area contributed by atoms with Gasteiger partial charge in [0, 0.05) is 32.7 Å². The number of ether oxygens (including phenoxy) is 1. The first-order valence-corrected chi connectivity index (χ1v) is 10.2. The van der Waals surface area contributed by atoms with E-state index in [-0.39, 0.29) is 4.90 Å². The average Bonchev–Trinajstić information content (AvgIpc) is 2.96. The summed E-state index contributed by atoms with van der Waals surface area (Å²) in [6.07, 6.45) is 0. The molecule has 0 N–H and O–H groups in total. The van der Waals surface area contributed by atoms with E-state index in [1.165, 1.54) is 4.31 Å². The van der Waals surface area contributed by atoms with Gasteiger partial charge in [-0.3, -0.25) is 4.90 Å². The summed E-state index contributed by atoms with van der Waals surface area (Å²) < 4.78 is 38.0. The average molecular weight is 379 g/mol. The lowest BCUT2D eigenvalue weighted by molar-refractivity contribution is 0.158. The minimum absolute atomic E-state index is 0.203. The Hall–Kier alpha value is -1.90. The van der Waals surface area contributed by atoms with Crippen LogP contribution >= 0.6 is 0 Å². The first kappa shape index (κ1) is 18.9. The quantitative estimate of drug-likeness (QED) is 0.764. The van der Waals surface area contributed by atoms with Gasteiger partial charge in [0.1, 0.15) is 22.9 Å². The van der Waals surface area contributed by atoms with Gasteiger partial charge in [0.25, 0.3) is 0 Å². The van der Waals surface area contributed by atoms with E-state index in [1.807, 2.05) is 31.2 Å². The van der Waals surface area contributed by atoms with Crippen molar-refractivity contribution < 1.29 is 17.7 Å². The van der Waals surface area contributed by atoms with Crippen molar-refractivity contribution >= 4 is 10.0 Å². The van der Waals surface area contributed by atoms with Crippen LogP contribution in [0.4, 0.5) is 0 Å². The van der Waals surface area contributed by atoms with Crippen molar-refractivity contribution in [1.82, 2.24) is 14.4 Å². The zero-order valence-corrected chi connectivity index (χ0v) is 16.3. The van der Waals surface area contributed by atoms with Crippen molar-refractivity contribution in [1.29, 1.82) is 0 Å². The van der Waals surface area contributed by atoms with Gasteiger partial charge in [0.05, 0.1) is 0 Å². The second kappa shape index (κ2) is 7.77. The fourth-order valence-electron chi connectivity index (χ4n) is 3.17. The van der Waals surface area contributed by atoms with Crippen LogP contribution in [-0.4, -0.2) is 62.1 Å². The van der Waals surface area contributed by atoms with E-state index in [1.54, 1.807) is 13.8 Å². The Morgan fingerprint density at radius 2 is 1.81 bits per heavy atom. The highest BCUT2D eigenvalue weighted by molar-refractivity contribution is 7.89. The third-order valence-corrected chi connectivity index (χ3v) is 6.80. The molecule has 0 saturated carbocycles. The van der Waals surface area contributed by atoms with Gasteiger partial charge < -0.3 is 9.26 Å². The molecule has 1 fully saturated rings. The van der Waals surface area contributed by atoms with Crippen LogP contribution in [0.25, 0.3) is 0 Å². The maximum Gasteiger partial charge on any atom is 0.248 e. The van der Waals surface area contributed by atoms with Crippen LogP contribution in [0.1, 0.15) is 17.0 Å². The first-order chi connectivity index (χ1) is 12.4. The molecule has 142 valence electrons. The summed E-state index contributed by atoms with van der Waals surface area (Å²) in [6, 6.07) is 7.93. The fraction of sp³-hybridized carbons (Fsp3) is 0.500. The van der Waals surface area contributed by atoms with Gasteiger partial charge >= 0.3 is 0 Å². The second-order valence-electron chi connectivity index (χ2n) is 6.51. The van der Waals surface area contributed by atoms with E-state index in [0.29, 0.717) is 44.2 Å². The molecule has 2 heterocycles. The molecule has 1 saturated heterocycles. The number of benzene rings is 1. The number of hydrogen-bond donors (Lipinski definition) is 0. The minimum atomic E-state index is -3.55. The van der Waals surface area contributed by atoms with E-state index in [9.17, 15) is 8.42 Å². The Kier molecular flexibility index (Phi) is 5.64. The molecule has 7 nitrogen and oxygen atoms in total. The lowest BCUT2D eigenvalue weighted by Gasteiger charge is -2.33. The van der Waals surface area contributed by atoms with Crippen LogP contribution in [0.5, 0.6) is 5.75 Å². The number of para-hydroxylation sites is 1. The Morgan fingerprint density at radius 3 is 2.42 bits per heavy atom. The smallest absolute Gasteiger partial charge is 0.248 e. The summed E-state index contributed by atoms with van der Waals surface area (Å²) >= 11 is 0. The molecule has 0 spiro atoms. The molecule has 8 heteroatoms. The summed E-state index contributed by atoms with van der Waals surface area (Å²) in [5, 5.41) is 3.76. The molecule has 2 aromatic rings. The highest BCUT2D eigenvalue weighted by Crippen LogP contribution is 2.24. The lowest BCUT2D eigenvalue weighted by Crippen LogP contribution is -2.49. The fourth-order valence-corrected chi connectivity index (χ4v) is 4.88. The maximum absolute atomic E-state index is 12.8. The summed E-state index contributed by atoms with van der Waals surface area (Å²) in [5.41, 5.74) is 1.53. The predicted molar refractivity (Wildman–Crippen MR) is 97.8 cm³/mol. The van der Waals surface area contributed by atoms with Crippen molar-refractivity contribution in [3.8, 4) is 5.75 Å². The largest absolute Gasteiger partial charge is 0.492 e. The Balaban J connectivity index is 1.52. The van der Waals surface area contributed by atoms with Crippen LogP contribution in [0.15, 0.2) is 33.7 Å². The summed E-state index contributed by atoms with van der Waals surface area (Å²) in [7, 11) is -3.55. The zero-order valence-electron chi connectivity index (χ0n) is 15.4. The number of aromatic nitrogens is 1. The molecule has 0 unspecified atom stereocenters. The highest BCUT2D eigenvalue weighted by atomic mass is 32.2. The molecule has 0 atom stereocenters. The van der Waals surface area contributed by atoms with Crippen LogP contribution in [-0.2, 0) is 10.0 Å². The van der Waals surface area contributed by atoms with Gasteiger partial charge in [-0.05, 0) is 32.4 Å². The van der Waals surface area contributed by atoms with Crippen molar-refractivity contribution in [3.05, 3.63) is 41.3 Å². The van der Waals surface area contributed by atoms with Crippen molar-refractivity contribution in [2.75, 3.05) is 39.3 Å². The van der Waals surface area contributed by atoms with Crippen molar-refractivity contribution in [2.45, 2.75) is 25.7 Å². The molecule has 0 bridgehead atoms. The van der Waals surface area contributed by atoms with Gasteiger partial charge in [-0.25, -0.2) is 8.42 Å². The maximum atomic E-state index is 12.8. The molecule has 26 heavy (non-hydrogen) atoms. The van der Waals surface area contributed by atoms with Crippen molar-refractivity contribution in [3.63, 3.8) is 0 Å². The zero-order chi connectivity index (χ0) is 18.7. The predicted octanol–water partition coefficient (Wildman–Crippen LogP) is 1.99. The molecule has 3 rings (SSSR count). The van der Waals surface area contributed by atoms with E-state index >= 15 is 0 Å². The van der Waals surface area contributed by atoms with Gasteiger partial charge in [0.15, 0.2) is 5.76 Å². The van der Waals surface area contributed by atoms with Crippen LogP contribution < -0.4 is 4.74 Å². The summed E-state index contributed by atoms with van der Waals surface area (Å²) in [5.74, 6) is 1.24.